The first-order valence-corrected chi connectivity index (χ1v) is 8.56. The molecule has 1 amide bonds. The van der Waals surface area contributed by atoms with E-state index in [0.29, 0.717) is 24.3 Å². The van der Waals surface area contributed by atoms with Crippen LogP contribution in [0, 0.1) is 6.92 Å². The number of carbonyl (C=O) groups excluding carboxylic acids is 1. The molecule has 2 heterocycles. The molecule has 5 heteroatoms. The van der Waals surface area contributed by atoms with Crippen molar-refractivity contribution in [2.45, 2.75) is 6.92 Å². The Morgan fingerprint density at radius 3 is 2.52 bits per heavy atom. The summed E-state index contributed by atoms with van der Waals surface area (Å²) in [4.78, 5) is 30.9. The van der Waals surface area contributed by atoms with Crippen molar-refractivity contribution < 1.29 is 4.79 Å². The molecule has 3 rings (SSSR count). The Balaban J connectivity index is 1.52. The van der Waals surface area contributed by atoms with Crippen LogP contribution in [-0.2, 0) is 0 Å². The number of nitrogens with one attached hydrogen (secondary N) is 1. The molecule has 1 aromatic heterocycles. The highest BCUT2D eigenvalue weighted by Crippen LogP contribution is 2.09. The second kappa shape index (κ2) is 7.94. The van der Waals surface area contributed by atoms with Crippen molar-refractivity contribution in [3.8, 4) is 0 Å². The summed E-state index contributed by atoms with van der Waals surface area (Å²) in [6.07, 6.45) is 4.28. The van der Waals surface area contributed by atoms with Gasteiger partial charge in [-0.25, -0.2) is 0 Å². The third kappa shape index (κ3) is 4.67. The summed E-state index contributed by atoms with van der Waals surface area (Å²) in [5, 5.41) is 0. The maximum atomic E-state index is 12.6. The largest absolute Gasteiger partial charge is 0.336 e. The number of amides is 1. The van der Waals surface area contributed by atoms with Gasteiger partial charge in [-0.2, -0.15) is 0 Å². The molecule has 0 bridgehead atoms. The number of hydrogen-bond donors (Lipinski definition) is 1. The molecule has 1 N–H and O–H groups in total. The average molecular weight is 337 g/mol. The zero-order valence-electron chi connectivity index (χ0n) is 14.4. The normalized spacial score (nSPS) is 15.6. The van der Waals surface area contributed by atoms with E-state index in [9.17, 15) is 9.59 Å². The Bertz CT molecular complexity index is 803. The van der Waals surface area contributed by atoms with Crippen molar-refractivity contribution in [2.24, 2.45) is 0 Å². The first kappa shape index (κ1) is 17.2. The smallest absolute Gasteiger partial charge is 0.254 e. The van der Waals surface area contributed by atoms with Crippen LogP contribution in [0.1, 0.15) is 21.6 Å². The standard InChI is InChI=1S/C20H23N3O2/c1-16-14-18(15-19(24)21-16)20(25)23-12-10-22(11-13-23)9-5-8-17-6-3-2-4-7-17/h2-8,14-15H,9-13H2,1H3,(H,21,24)/b8-5+. The maximum Gasteiger partial charge on any atom is 0.254 e. The van der Waals surface area contributed by atoms with E-state index in [4.69, 9.17) is 0 Å². The number of piperazine rings is 1. The highest BCUT2D eigenvalue weighted by Gasteiger charge is 2.21. The molecular formula is C20H23N3O2. The molecule has 1 aromatic carbocycles. The summed E-state index contributed by atoms with van der Waals surface area (Å²) in [7, 11) is 0. The molecule has 1 fully saturated rings. The number of aromatic amines is 1. The first-order valence-electron chi connectivity index (χ1n) is 8.56. The van der Waals surface area contributed by atoms with Crippen LogP contribution in [-0.4, -0.2) is 53.4 Å². The monoisotopic (exact) mass is 337 g/mol. The quantitative estimate of drug-likeness (QED) is 0.930. The molecule has 0 spiro atoms. The van der Waals surface area contributed by atoms with Gasteiger partial charge in [0.05, 0.1) is 0 Å². The zero-order valence-corrected chi connectivity index (χ0v) is 14.4. The molecule has 0 saturated carbocycles. The van der Waals surface area contributed by atoms with Gasteiger partial charge in [0.1, 0.15) is 0 Å². The van der Waals surface area contributed by atoms with Crippen molar-refractivity contribution in [3.05, 3.63) is 75.7 Å². The SMILES string of the molecule is Cc1cc(C(=O)N2CCN(C/C=C/c3ccccc3)CC2)cc(=O)[nH]1. The van der Waals surface area contributed by atoms with Crippen LogP contribution < -0.4 is 5.56 Å². The van der Waals surface area contributed by atoms with Gasteiger partial charge in [-0.1, -0.05) is 42.5 Å². The molecule has 25 heavy (non-hydrogen) atoms. The lowest BCUT2D eigenvalue weighted by Crippen LogP contribution is -2.48. The minimum Gasteiger partial charge on any atom is -0.336 e. The number of hydrogen-bond acceptors (Lipinski definition) is 3. The van der Waals surface area contributed by atoms with Gasteiger partial charge in [-0.3, -0.25) is 14.5 Å². The van der Waals surface area contributed by atoms with Crippen LogP contribution in [0.15, 0.2) is 53.3 Å². The van der Waals surface area contributed by atoms with E-state index in [1.54, 1.807) is 13.0 Å². The number of benzene rings is 1. The Hall–Kier alpha value is -2.66. The lowest BCUT2D eigenvalue weighted by Gasteiger charge is -2.34. The van der Waals surface area contributed by atoms with E-state index in [1.807, 2.05) is 23.1 Å². The summed E-state index contributed by atoms with van der Waals surface area (Å²) in [5.74, 6) is -0.0614. The Morgan fingerprint density at radius 1 is 1.12 bits per heavy atom. The average Bonchev–Trinajstić information content (AvgIpc) is 2.62. The second-order valence-corrected chi connectivity index (χ2v) is 6.32. The van der Waals surface area contributed by atoms with Gasteiger partial charge in [0.25, 0.3) is 5.91 Å². The molecule has 2 aromatic rings. The highest BCUT2D eigenvalue weighted by molar-refractivity contribution is 5.94. The molecule has 130 valence electrons. The Labute approximate surface area is 147 Å². The van der Waals surface area contributed by atoms with Gasteiger partial charge in [0.15, 0.2) is 0 Å². The van der Waals surface area contributed by atoms with Gasteiger partial charge in [-0.15, -0.1) is 0 Å². The van der Waals surface area contributed by atoms with Gasteiger partial charge in [0, 0.05) is 50.0 Å². The van der Waals surface area contributed by atoms with Gasteiger partial charge >= 0.3 is 0 Å². The predicted molar refractivity (Wildman–Crippen MR) is 99.6 cm³/mol. The summed E-state index contributed by atoms with van der Waals surface area (Å²) in [5.41, 5.74) is 2.15. The first-order chi connectivity index (χ1) is 12.1. The molecule has 1 aliphatic rings. The van der Waals surface area contributed by atoms with Crippen LogP contribution >= 0.6 is 0 Å². The lowest BCUT2D eigenvalue weighted by molar-refractivity contribution is 0.0650. The molecular weight excluding hydrogens is 314 g/mol. The van der Waals surface area contributed by atoms with Crippen molar-refractivity contribution >= 4 is 12.0 Å². The summed E-state index contributed by atoms with van der Waals surface area (Å²) in [6.45, 7) is 5.71. The van der Waals surface area contributed by atoms with Crippen LogP contribution in [0.2, 0.25) is 0 Å². The topological polar surface area (TPSA) is 56.4 Å². The number of nitrogens with zero attached hydrogens (tertiary/aromatic N) is 2. The Morgan fingerprint density at radius 2 is 1.84 bits per heavy atom. The van der Waals surface area contributed by atoms with E-state index >= 15 is 0 Å². The van der Waals surface area contributed by atoms with Crippen molar-refractivity contribution in [3.63, 3.8) is 0 Å². The fourth-order valence-corrected chi connectivity index (χ4v) is 3.02. The molecule has 0 aliphatic carbocycles. The van der Waals surface area contributed by atoms with Crippen molar-refractivity contribution in [2.75, 3.05) is 32.7 Å². The number of H-pyrrole nitrogens is 1. The number of carbonyl (C=O) groups is 1. The number of pyridine rings is 1. The van der Waals surface area contributed by atoms with Crippen LogP contribution in [0.25, 0.3) is 6.08 Å². The summed E-state index contributed by atoms with van der Waals surface area (Å²) < 4.78 is 0. The maximum absolute atomic E-state index is 12.6. The van der Waals surface area contributed by atoms with Crippen molar-refractivity contribution in [1.29, 1.82) is 0 Å². The van der Waals surface area contributed by atoms with Gasteiger partial charge < -0.3 is 9.88 Å². The molecule has 0 unspecified atom stereocenters. The molecule has 0 atom stereocenters. The number of rotatable bonds is 4. The molecule has 1 aliphatic heterocycles. The van der Waals surface area contributed by atoms with E-state index in [-0.39, 0.29) is 11.5 Å². The third-order valence-corrected chi connectivity index (χ3v) is 4.36. The molecule has 5 nitrogen and oxygen atoms in total. The minimum absolute atomic E-state index is 0.0614. The zero-order chi connectivity index (χ0) is 17.6. The predicted octanol–water partition coefficient (Wildman–Crippen LogP) is 2.15. The van der Waals surface area contributed by atoms with Crippen molar-refractivity contribution in [1.82, 2.24) is 14.8 Å². The molecule has 0 radical (unpaired) electrons. The van der Waals surface area contributed by atoms with Crippen LogP contribution in [0.5, 0.6) is 0 Å². The minimum atomic E-state index is -0.229. The van der Waals surface area contributed by atoms with E-state index in [0.717, 1.165) is 19.6 Å². The number of aryl methyl sites for hydroxylation is 1. The van der Waals surface area contributed by atoms with Gasteiger partial charge in [0.2, 0.25) is 5.56 Å². The fourth-order valence-electron chi connectivity index (χ4n) is 3.02. The van der Waals surface area contributed by atoms with E-state index in [1.165, 1.54) is 11.6 Å². The van der Waals surface area contributed by atoms with Crippen LogP contribution in [0.3, 0.4) is 0 Å². The fraction of sp³-hybridized carbons (Fsp3) is 0.300. The van der Waals surface area contributed by atoms with Crippen LogP contribution in [0.4, 0.5) is 0 Å². The van der Waals surface area contributed by atoms with E-state index in [2.05, 4.69) is 34.2 Å². The Kier molecular flexibility index (Phi) is 5.46. The highest BCUT2D eigenvalue weighted by atomic mass is 16.2. The molecule has 1 saturated heterocycles. The summed E-state index contributed by atoms with van der Waals surface area (Å²) in [6, 6.07) is 13.3. The van der Waals surface area contributed by atoms with Gasteiger partial charge in [-0.05, 0) is 18.6 Å². The summed E-state index contributed by atoms with van der Waals surface area (Å²) >= 11 is 0. The number of aromatic nitrogens is 1. The second-order valence-electron chi connectivity index (χ2n) is 6.32. The lowest BCUT2D eigenvalue weighted by atomic mass is 10.2. The van der Waals surface area contributed by atoms with E-state index < -0.39 is 0 Å². The third-order valence-electron chi connectivity index (χ3n) is 4.36.